The summed E-state index contributed by atoms with van der Waals surface area (Å²) in [5.74, 6) is 0.793. The van der Waals surface area contributed by atoms with Gasteiger partial charge in [-0.15, -0.1) is 0 Å². The van der Waals surface area contributed by atoms with Gasteiger partial charge in [-0.2, -0.15) is 0 Å². The van der Waals surface area contributed by atoms with E-state index in [-0.39, 0.29) is 12.1 Å². The first-order valence-corrected chi connectivity index (χ1v) is 8.47. The summed E-state index contributed by atoms with van der Waals surface area (Å²) in [7, 11) is 0. The molecular weight excluding hydrogens is 320 g/mol. The summed E-state index contributed by atoms with van der Waals surface area (Å²) < 4.78 is 11.1. The maximum absolute atomic E-state index is 12.4. The molecule has 1 N–H and O–H groups in total. The minimum atomic E-state index is -0.0985. The van der Waals surface area contributed by atoms with E-state index in [4.69, 9.17) is 9.47 Å². The van der Waals surface area contributed by atoms with Crippen molar-refractivity contribution in [3.8, 4) is 11.8 Å². The molecule has 0 aliphatic carbocycles. The molecule has 7 nitrogen and oxygen atoms in total. The van der Waals surface area contributed by atoms with Crippen LogP contribution in [0.2, 0.25) is 0 Å². The molecule has 0 unspecified atom stereocenters. The third-order valence-corrected chi connectivity index (χ3v) is 3.96. The quantitative estimate of drug-likeness (QED) is 0.904. The number of likely N-dealkylation sites (tertiary alicyclic amines) is 1. The van der Waals surface area contributed by atoms with E-state index in [2.05, 4.69) is 15.3 Å². The van der Waals surface area contributed by atoms with Crippen LogP contribution in [0, 0.1) is 0 Å². The molecule has 0 atom stereocenters. The van der Waals surface area contributed by atoms with Crippen LogP contribution in [-0.4, -0.2) is 46.7 Å². The second kappa shape index (κ2) is 8.32. The van der Waals surface area contributed by atoms with Crippen LogP contribution in [-0.2, 0) is 0 Å². The Labute approximate surface area is 147 Å². The molecule has 1 aliphatic heterocycles. The Kier molecular flexibility index (Phi) is 5.66. The number of nitrogens with one attached hydrogen (secondary N) is 1. The zero-order chi connectivity index (χ0) is 17.5. The summed E-state index contributed by atoms with van der Waals surface area (Å²) in [5, 5.41) is 2.91. The van der Waals surface area contributed by atoms with Gasteiger partial charge in [-0.3, -0.25) is 0 Å². The lowest BCUT2D eigenvalue weighted by molar-refractivity contribution is 0.107. The Morgan fingerprint density at radius 1 is 1.20 bits per heavy atom. The van der Waals surface area contributed by atoms with E-state index < -0.39 is 0 Å². The molecule has 2 heterocycles. The van der Waals surface area contributed by atoms with Crippen molar-refractivity contribution in [2.75, 3.05) is 25.0 Å². The van der Waals surface area contributed by atoms with Crippen LogP contribution in [0.3, 0.4) is 0 Å². The van der Waals surface area contributed by atoms with Gasteiger partial charge >= 0.3 is 12.0 Å². The van der Waals surface area contributed by atoms with Crippen LogP contribution in [0.15, 0.2) is 42.7 Å². The number of anilines is 1. The van der Waals surface area contributed by atoms with E-state index >= 15 is 0 Å². The number of aromatic nitrogens is 2. The van der Waals surface area contributed by atoms with Crippen molar-refractivity contribution >= 4 is 11.7 Å². The summed E-state index contributed by atoms with van der Waals surface area (Å²) in [6, 6.07) is 9.41. The lowest BCUT2D eigenvalue weighted by Gasteiger charge is -2.31. The number of nitrogens with zero attached hydrogens (tertiary/aromatic N) is 3. The van der Waals surface area contributed by atoms with Gasteiger partial charge in [0, 0.05) is 44.0 Å². The fraction of sp³-hybridized carbons (Fsp3) is 0.389. The first-order valence-electron chi connectivity index (χ1n) is 8.47. The van der Waals surface area contributed by atoms with Crippen LogP contribution in [0.4, 0.5) is 10.5 Å². The smallest absolute Gasteiger partial charge is 0.321 e. The molecule has 0 bridgehead atoms. The van der Waals surface area contributed by atoms with Gasteiger partial charge in [0.1, 0.15) is 11.9 Å². The molecule has 1 fully saturated rings. The Balaban J connectivity index is 1.46. The SMILES string of the molecule is CCOc1ccc(NC(=O)N2CCC(Oc3ncccn3)CC2)cc1. The third kappa shape index (κ3) is 4.82. The second-order valence-electron chi connectivity index (χ2n) is 5.72. The Hall–Kier alpha value is -2.83. The van der Waals surface area contributed by atoms with Crippen molar-refractivity contribution in [3.05, 3.63) is 42.7 Å². The summed E-state index contributed by atoms with van der Waals surface area (Å²) in [6.07, 6.45) is 4.87. The number of rotatable bonds is 5. The van der Waals surface area contributed by atoms with Gasteiger partial charge < -0.3 is 19.7 Å². The van der Waals surface area contributed by atoms with Crippen molar-refractivity contribution < 1.29 is 14.3 Å². The highest BCUT2D eigenvalue weighted by atomic mass is 16.5. The number of carbonyl (C=O) groups excluding carboxylic acids is 1. The summed E-state index contributed by atoms with van der Waals surface area (Å²) >= 11 is 0. The zero-order valence-electron chi connectivity index (χ0n) is 14.2. The molecular formula is C18H22N4O3. The first-order chi connectivity index (χ1) is 12.2. The largest absolute Gasteiger partial charge is 0.494 e. The fourth-order valence-corrected chi connectivity index (χ4v) is 2.68. The molecule has 2 amide bonds. The number of hydrogen-bond acceptors (Lipinski definition) is 5. The molecule has 132 valence electrons. The van der Waals surface area contributed by atoms with Crippen molar-refractivity contribution in [1.82, 2.24) is 14.9 Å². The highest BCUT2D eigenvalue weighted by Gasteiger charge is 2.24. The molecule has 0 saturated carbocycles. The predicted octanol–water partition coefficient (Wildman–Crippen LogP) is 2.95. The average molecular weight is 342 g/mol. The van der Waals surface area contributed by atoms with E-state index in [1.807, 2.05) is 31.2 Å². The zero-order valence-corrected chi connectivity index (χ0v) is 14.2. The highest BCUT2D eigenvalue weighted by Crippen LogP contribution is 2.19. The average Bonchev–Trinajstić information content (AvgIpc) is 2.65. The molecule has 1 aliphatic rings. The van der Waals surface area contributed by atoms with E-state index in [1.54, 1.807) is 23.4 Å². The lowest BCUT2D eigenvalue weighted by atomic mass is 10.1. The number of piperidine rings is 1. The summed E-state index contributed by atoms with van der Waals surface area (Å²) in [4.78, 5) is 22.3. The standard InChI is InChI=1S/C18H22N4O3/c1-2-24-15-6-4-14(5-7-15)21-18(23)22-12-8-16(9-13-22)25-17-19-10-3-11-20-17/h3-7,10-11,16H,2,8-9,12-13H2,1H3,(H,21,23). The van der Waals surface area contributed by atoms with Gasteiger partial charge in [-0.05, 0) is 37.3 Å². The molecule has 0 spiro atoms. The van der Waals surface area contributed by atoms with Crippen LogP contribution in [0.1, 0.15) is 19.8 Å². The molecule has 0 radical (unpaired) electrons. The van der Waals surface area contributed by atoms with Gasteiger partial charge in [-0.1, -0.05) is 0 Å². The van der Waals surface area contributed by atoms with Crippen molar-refractivity contribution in [3.63, 3.8) is 0 Å². The second-order valence-corrected chi connectivity index (χ2v) is 5.72. The Morgan fingerprint density at radius 3 is 2.52 bits per heavy atom. The number of hydrogen-bond donors (Lipinski definition) is 1. The Morgan fingerprint density at radius 2 is 1.88 bits per heavy atom. The van der Waals surface area contributed by atoms with Crippen molar-refractivity contribution in [2.24, 2.45) is 0 Å². The predicted molar refractivity (Wildman–Crippen MR) is 93.9 cm³/mol. The maximum atomic E-state index is 12.4. The Bertz CT molecular complexity index is 670. The molecule has 1 aromatic heterocycles. The topological polar surface area (TPSA) is 76.6 Å². The number of amides is 2. The van der Waals surface area contributed by atoms with Gasteiger partial charge in [0.15, 0.2) is 0 Å². The van der Waals surface area contributed by atoms with E-state index in [0.717, 1.165) is 24.3 Å². The van der Waals surface area contributed by atoms with E-state index in [9.17, 15) is 4.79 Å². The molecule has 2 aromatic rings. The number of benzene rings is 1. The molecule has 1 saturated heterocycles. The minimum Gasteiger partial charge on any atom is -0.494 e. The van der Waals surface area contributed by atoms with E-state index in [0.29, 0.717) is 25.7 Å². The highest BCUT2D eigenvalue weighted by molar-refractivity contribution is 5.89. The van der Waals surface area contributed by atoms with Gasteiger partial charge in [0.05, 0.1) is 6.61 Å². The summed E-state index contributed by atoms with van der Waals surface area (Å²) in [6.45, 7) is 3.84. The van der Waals surface area contributed by atoms with Gasteiger partial charge in [0.2, 0.25) is 0 Å². The number of urea groups is 1. The molecule has 7 heteroatoms. The van der Waals surface area contributed by atoms with Crippen molar-refractivity contribution in [1.29, 1.82) is 0 Å². The first kappa shape index (κ1) is 17.0. The van der Waals surface area contributed by atoms with Crippen LogP contribution < -0.4 is 14.8 Å². The number of carbonyl (C=O) groups is 1. The maximum Gasteiger partial charge on any atom is 0.321 e. The van der Waals surface area contributed by atoms with Gasteiger partial charge in [0.25, 0.3) is 0 Å². The normalized spacial score (nSPS) is 14.8. The fourth-order valence-electron chi connectivity index (χ4n) is 2.68. The monoisotopic (exact) mass is 342 g/mol. The molecule has 3 rings (SSSR count). The van der Waals surface area contributed by atoms with E-state index in [1.165, 1.54) is 0 Å². The number of ether oxygens (including phenoxy) is 2. The molecule has 25 heavy (non-hydrogen) atoms. The van der Waals surface area contributed by atoms with Crippen molar-refractivity contribution in [2.45, 2.75) is 25.9 Å². The third-order valence-electron chi connectivity index (χ3n) is 3.96. The van der Waals surface area contributed by atoms with Crippen LogP contribution >= 0.6 is 0 Å². The van der Waals surface area contributed by atoms with Crippen LogP contribution in [0.25, 0.3) is 0 Å². The summed E-state index contributed by atoms with van der Waals surface area (Å²) in [5.41, 5.74) is 0.754. The van der Waals surface area contributed by atoms with Crippen LogP contribution in [0.5, 0.6) is 11.8 Å². The molecule has 1 aromatic carbocycles. The van der Waals surface area contributed by atoms with Gasteiger partial charge in [-0.25, -0.2) is 14.8 Å². The lowest BCUT2D eigenvalue weighted by Crippen LogP contribution is -2.43. The minimum absolute atomic E-state index is 0.0388.